The number of nitrogens with one attached hydrogen (secondary N) is 2. The van der Waals surface area contributed by atoms with Crippen molar-refractivity contribution < 1.29 is 23.5 Å². The lowest BCUT2D eigenvalue weighted by atomic mass is 10.0. The molecular formula is C25H33FN6O4. The van der Waals surface area contributed by atoms with E-state index >= 15 is 0 Å². The number of carbonyl (C=O) groups excluding carboxylic acids is 2. The molecule has 1 aromatic carbocycles. The maximum Gasteiger partial charge on any atom is 0.410 e. The van der Waals surface area contributed by atoms with Crippen LogP contribution >= 0.6 is 0 Å². The van der Waals surface area contributed by atoms with Gasteiger partial charge in [0.1, 0.15) is 17.2 Å². The minimum Gasteiger partial charge on any atom is -0.444 e. The van der Waals surface area contributed by atoms with Crippen molar-refractivity contribution in [3.05, 3.63) is 35.3 Å². The third kappa shape index (κ3) is 6.01. The Morgan fingerprint density at radius 1 is 1.17 bits per heavy atom. The Balaban J connectivity index is 1.67. The van der Waals surface area contributed by atoms with Gasteiger partial charge in [-0.1, -0.05) is 0 Å². The van der Waals surface area contributed by atoms with E-state index in [0.29, 0.717) is 62.9 Å². The molecule has 2 N–H and O–H groups in total. The van der Waals surface area contributed by atoms with Crippen LogP contribution in [0.4, 0.5) is 25.5 Å². The Kier molecular flexibility index (Phi) is 7.58. The zero-order valence-electron chi connectivity index (χ0n) is 21.2. The number of amides is 3. The third-order valence-corrected chi connectivity index (χ3v) is 5.82. The number of benzene rings is 1. The van der Waals surface area contributed by atoms with E-state index in [2.05, 4.69) is 15.5 Å². The summed E-state index contributed by atoms with van der Waals surface area (Å²) >= 11 is 0. The second-order valence-electron chi connectivity index (χ2n) is 9.73. The Bertz CT molecular complexity index is 1130. The van der Waals surface area contributed by atoms with Crippen molar-refractivity contribution in [2.45, 2.75) is 46.3 Å². The molecule has 1 aromatic heterocycles. The lowest BCUT2D eigenvalue weighted by Crippen LogP contribution is -2.42. The monoisotopic (exact) mass is 500 g/mol. The lowest BCUT2D eigenvalue weighted by molar-refractivity contribution is 0.0220. The lowest BCUT2D eigenvalue weighted by Gasteiger charge is -2.34. The summed E-state index contributed by atoms with van der Waals surface area (Å²) in [4.78, 5) is 37.9. The van der Waals surface area contributed by atoms with Gasteiger partial charge < -0.3 is 29.9 Å². The predicted molar refractivity (Wildman–Crippen MR) is 134 cm³/mol. The largest absolute Gasteiger partial charge is 0.444 e. The highest BCUT2D eigenvalue weighted by atomic mass is 19.1. The van der Waals surface area contributed by atoms with E-state index in [-0.39, 0.29) is 12.2 Å². The van der Waals surface area contributed by atoms with Gasteiger partial charge in [0.15, 0.2) is 5.82 Å². The first-order valence-corrected chi connectivity index (χ1v) is 12.2. The molecule has 0 saturated carbocycles. The molecule has 0 bridgehead atoms. The summed E-state index contributed by atoms with van der Waals surface area (Å²) < 4.78 is 25.9. The number of anilines is 2. The number of urea groups is 1. The van der Waals surface area contributed by atoms with Crippen molar-refractivity contribution in [3.63, 3.8) is 0 Å². The van der Waals surface area contributed by atoms with Crippen LogP contribution in [0.2, 0.25) is 0 Å². The zero-order valence-corrected chi connectivity index (χ0v) is 21.2. The highest BCUT2D eigenvalue weighted by molar-refractivity contribution is 5.89. The first-order valence-electron chi connectivity index (χ1n) is 12.2. The smallest absolute Gasteiger partial charge is 0.410 e. The Morgan fingerprint density at radius 3 is 2.58 bits per heavy atom. The second-order valence-corrected chi connectivity index (χ2v) is 9.73. The first kappa shape index (κ1) is 25.6. The molecule has 10 nitrogen and oxygen atoms in total. The Hall–Kier alpha value is -3.47. The third-order valence-electron chi connectivity index (χ3n) is 5.82. The first-order chi connectivity index (χ1) is 17.1. The number of aromatic nitrogens is 2. The van der Waals surface area contributed by atoms with E-state index in [4.69, 9.17) is 19.4 Å². The van der Waals surface area contributed by atoms with Crippen LogP contribution in [0.5, 0.6) is 0 Å². The maximum atomic E-state index is 14.9. The fourth-order valence-electron chi connectivity index (χ4n) is 4.14. The van der Waals surface area contributed by atoms with Crippen LogP contribution in [0.1, 0.15) is 39.0 Å². The number of fused-ring (bicyclic) bond motifs is 1. The van der Waals surface area contributed by atoms with Gasteiger partial charge in [-0.05, 0) is 52.3 Å². The van der Waals surface area contributed by atoms with Gasteiger partial charge in [0.2, 0.25) is 0 Å². The molecule has 0 radical (unpaired) electrons. The van der Waals surface area contributed by atoms with Crippen molar-refractivity contribution in [2.75, 3.05) is 49.6 Å². The van der Waals surface area contributed by atoms with Gasteiger partial charge in [-0.3, -0.25) is 0 Å². The molecule has 1 fully saturated rings. The summed E-state index contributed by atoms with van der Waals surface area (Å²) in [5, 5.41) is 5.07. The Morgan fingerprint density at radius 2 is 1.92 bits per heavy atom. The minimum atomic E-state index is -0.603. The van der Waals surface area contributed by atoms with Crippen molar-refractivity contribution in [1.82, 2.24) is 20.2 Å². The standard InChI is InChI=1S/C25H33FN6O4/c1-5-27-23(33)29-19-7-6-16(14-18(19)26)21-28-20-15-32(24(34)36-25(2,3)4)9-8-17(20)22(30-21)31-10-12-35-13-11-31/h6-7,14H,5,8-13,15H2,1-4H3,(H2,27,29,33). The summed E-state index contributed by atoms with van der Waals surface area (Å²) in [7, 11) is 0. The summed E-state index contributed by atoms with van der Waals surface area (Å²) in [5.74, 6) is 0.542. The van der Waals surface area contributed by atoms with Crippen molar-refractivity contribution in [1.29, 1.82) is 0 Å². The van der Waals surface area contributed by atoms with Crippen LogP contribution in [0.25, 0.3) is 11.4 Å². The molecular weight excluding hydrogens is 467 g/mol. The molecule has 36 heavy (non-hydrogen) atoms. The van der Waals surface area contributed by atoms with E-state index in [1.165, 1.54) is 12.1 Å². The van der Waals surface area contributed by atoms with Crippen LogP contribution in [-0.2, 0) is 22.4 Å². The van der Waals surface area contributed by atoms with Crippen LogP contribution in [-0.4, -0.2) is 72.0 Å². The summed E-state index contributed by atoms with van der Waals surface area (Å²) in [6.45, 7) is 11.0. The Labute approximate surface area is 210 Å². The highest BCUT2D eigenvalue weighted by Crippen LogP contribution is 2.31. The average molecular weight is 501 g/mol. The highest BCUT2D eigenvalue weighted by Gasteiger charge is 2.30. The van der Waals surface area contributed by atoms with Crippen molar-refractivity contribution in [2.24, 2.45) is 0 Å². The molecule has 2 aliphatic heterocycles. The van der Waals surface area contributed by atoms with Gasteiger partial charge in [0.05, 0.1) is 31.1 Å². The maximum absolute atomic E-state index is 14.9. The number of carbonyl (C=O) groups is 2. The zero-order chi connectivity index (χ0) is 25.9. The van der Waals surface area contributed by atoms with Gasteiger partial charge in [-0.15, -0.1) is 0 Å². The molecule has 3 heterocycles. The normalized spacial score (nSPS) is 15.8. The quantitative estimate of drug-likeness (QED) is 0.661. The predicted octanol–water partition coefficient (Wildman–Crippen LogP) is 3.55. The van der Waals surface area contributed by atoms with E-state index in [0.717, 1.165) is 11.4 Å². The van der Waals surface area contributed by atoms with Gasteiger partial charge in [0, 0.05) is 37.3 Å². The second kappa shape index (κ2) is 10.7. The van der Waals surface area contributed by atoms with Crippen LogP contribution in [0.3, 0.4) is 0 Å². The SMILES string of the molecule is CCNC(=O)Nc1ccc(-c2nc3c(c(N4CCOCC4)n2)CCN(C(=O)OC(C)(C)C)C3)cc1F. The molecule has 3 amide bonds. The molecule has 4 rings (SSSR count). The fourth-order valence-corrected chi connectivity index (χ4v) is 4.14. The van der Waals surface area contributed by atoms with Gasteiger partial charge in [-0.25, -0.2) is 23.9 Å². The number of nitrogens with zero attached hydrogens (tertiary/aromatic N) is 4. The number of halogens is 1. The van der Waals surface area contributed by atoms with E-state index in [1.54, 1.807) is 17.9 Å². The molecule has 1 saturated heterocycles. The van der Waals surface area contributed by atoms with Gasteiger partial charge in [-0.2, -0.15) is 0 Å². The minimum absolute atomic E-state index is 0.0622. The van der Waals surface area contributed by atoms with Crippen LogP contribution in [0, 0.1) is 5.82 Å². The van der Waals surface area contributed by atoms with E-state index in [9.17, 15) is 14.0 Å². The molecule has 2 aromatic rings. The molecule has 0 unspecified atom stereocenters. The van der Waals surface area contributed by atoms with Crippen molar-refractivity contribution >= 4 is 23.6 Å². The van der Waals surface area contributed by atoms with E-state index < -0.39 is 23.5 Å². The fraction of sp³-hybridized carbons (Fsp3) is 0.520. The molecule has 194 valence electrons. The molecule has 0 atom stereocenters. The van der Waals surface area contributed by atoms with Gasteiger partial charge in [0.25, 0.3) is 0 Å². The van der Waals surface area contributed by atoms with Crippen LogP contribution in [0.15, 0.2) is 18.2 Å². The summed E-state index contributed by atoms with van der Waals surface area (Å²) in [6, 6.07) is 3.99. The summed E-state index contributed by atoms with van der Waals surface area (Å²) in [6.07, 6.45) is 0.193. The van der Waals surface area contributed by atoms with Crippen LogP contribution < -0.4 is 15.5 Å². The number of hydrogen-bond acceptors (Lipinski definition) is 7. The van der Waals surface area contributed by atoms with Crippen molar-refractivity contribution in [3.8, 4) is 11.4 Å². The molecule has 0 aliphatic carbocycles. The molecule has 2 aliphatic rings. The van der Waals surface area contributed by atoms with Gasteiger partial charge >= 0.3 is 12.1 Å². The topological polar surface area (TPSA) is 109 Å². The number of hydrogen-bond donors (Lipinski definition) is 2. The molecule has 11 heteroatoms. The number of ether oxygens (including phenoxy) is 2. The molecule has 0 spiro atoms. The number of rotatable bonds is 4. The van der Waals surface area contributed by atoms with E-state index in [1.807, 2.05) is 20.8 Å². The number of morpholine rings is 1. The summed E-state index contributed by atoms with van der Waals surface area (Å²) in [5.41, 5.74) is 1.63. The average Bonchev–Trinajstić information content (AvgIpc) is 2.84.